The minimum atomic E-state index is -3.33. The molecule has 0 unspecified atom stereocenters. The van der Waals surface area contributed by atoms with Crippen molar-refractivity contribution in [2.75, 3.05) is 55.9 Å². The summed E-state index contributed by atoms with van der Waals surface area (Å²) in [4.78, 5) is 10.8. The molecule has 3 rings (SSSR count). The summed E-state index contributed by atoms with van der Waals surface area (Å²) in [6, 6.07) is 10.0. The Kier molecular flexibility index (Phi) is 10.2. The Morgan fingerprint density at radius 3 is 2.54 bits per heavy atom. The Morgan fingerprint density at radius 2 is 2.00 bits per heavy atom. The van der Waals surface area contributed by atoms with Crippen molar-refractivity contribution in [3.05, 3.63) is 52.4 Å². The molecule has 0 spiro atoms. The standard InChI is InChI=1S/C26H34N6O3S2/c1-6-22-23(17-27)26(36-18-19-7-9-21(10-8-19)31(3)37(5,33)34)30-25(24(22)28-2)32-14-11-20(12-15-32)29-13-16-35-4/h7-10,20,29H,6,11-16,18H2,1,3-5H3. The van der Waals surface area contributed by atoms with Crippen LogP contribution in [0.15, 0.2) is 29.3 Å². The molecule has 37 heavy (non-hydrogen) atoms. The molecular formula is C26H34N6O3S2. The van der Waals surface area contributed by atoms with Crippen LogP contribution in [0.5, 0.6) is 0 Å². The first-order valence-electron chi connectivity index (χ1n) is 12.2. The van der Waals surface area contributed by atoms with E-state index in [1.165, 1.54) is 29.4 Å². The van der Waals surface area contributed by atoms with Crippen molar-refractivity contribution in [2.45, 2.75) is 43.0 Å². The maximum Gasteiger partial charge on any atom is 0.232 e. The van der Waals surface area contributed by atoms with Gasteiger partial charge in [-0.15, -0.1) is 11.8 Å². The highest BCUT2D eigenvalue weighted by Crippen LogP contribution is 2.39. The highest BCUT2D eigenvalue weighted by molar-refractivity contribution is 7.98. The molecule has 0 bridgehead atoms. The van der Waals surface area contributed by atoms with E-state index in [0.717, 1.165) is 43.6 Å². The molecular weight excluding hydrogens is 508 g/mol. The van der Waals surface area contributed by atoms with Crippen molar-refractivity contribution in [2.24, 2.45) is 0 Å². The number of nitrogens with zero attached hydrogens (tertiary/aromatic N) is 5. The van der Waals surface area contributed by atoms with Crippen molar-refractivity contribution >= 4 is 39.0 Å². The van der Waals surface area contributed by atoms with Crippen LogP contribution in [0, 0.1) is 17.9 Å². The molecule has 11 heteroatoms. The highest BCUT2D eigenvalue weighted by atomic mass is 32.2. The quantitative estimate of drug-likeness (QED) is 0.259. The maximum atomic E-state index is 11.8. The molecule has 198 valence electrons. The Labute approximate surface area is 224 Å². The second kappa shape index (κ2) is 13.1. The summed E-state index contributed by atoms with van der Waals surface area (Å²) in [6.07, 6.45) is 3.63. The first-order valence-corrected chi connectivity index (χ1v) is 15.0. The highest BCUT2D eigenvalue weighted by Gasteiger charge is 2.26. The monoisotopic (exact) mass is 542 g/mol. The predicted molar refractivity (Wildman–Crippen MR) is 149 cm³/mol. The summed E-state index contributed by atoms with van der Waals surface area (Å²) in [7, 11) is -0.113. The van der Waals surface area contributed by atoms with E-state index < -0.39 is 10.0 Å². The number of sulfonamides is 1. The number of piperidine rings is 1. The van der Waals surface area contributed by atoms with E-state index >= 15 is 0 Å². The molecule has 2 aromatic rings. The summed E-state index contributed by atoms with van der Waals surface area (Å²) >= 11 is 1.46. The third kappa shape index (κ3) is 7.14. The molecule has 1 fully saturated rings. The van der Waals surface area contributed by atoms with Crippen LogP contribution in [0.2, 0.25) is 0 Å². The molecule has 2 heterocycles. The van der Waals surface area contributed by atoms with E-state index in [2.05, 4.69) is 21.1 Å². The zero-order valence-electron chi connectivity index (χ0n) is 21.8. The lowest BCUT2D eigenvalue weighted by atomic mass is 10.0. The van der Waals surface area contributed by atoms with Crippen molar-refractivity contribution < 1.29 is 13.2 Å². The molecule has 1 N–H and O–H groups in total. The van der Waals surface area contributed by atoms with Crippen LogP contribution in [0.4, 0.5) is 17.2 Å². The van der Waals surface area contributed by atoms with Crippen LogP contribution in [-0.4, -0.2) is 66.1 Å². The molecule has 0 radical (unpaired) electrons. The predicted octanol–water partition coefficient (Wildman–Crippen LogP) is 3.96. The zero-order chi connectivity index (χ0) is 27.0. The number of pyridine rings is 1. The molecule has 0 amide bonds. The van der Waals surface area contributed by atoms with Crippen molar-refractivity contribution in [1.29, 1.82) is 5.26 Å². The molecule has 0 saturated carbocycles. The minimum absolute atomic E-state index is 0.408. The van der Waals surface area contributed by atoms with Crippen molar-refractivity contribution in [1.82, 2.24) is 10.3 Å². The Balaban J connectivity index is 1.82. The third-order valence-electron chi connectivity index (χ3n) is 6.50. The first-order chi connectivity index (χ1) is 17.7. The molecule has 0 atom stereocenters. The van der Waals surface area contributed by atoms with Gasteiger partial charge in [-0.3, -0.25) is 4.31 Å². The van der Waals surface area contributed by atoms with Crippen LogP contribution in [0.25, 0.3) is 4.85 Å². The number of rotatable bonds is 11. The van der Waals surface area contributed by atoms with Gasteiger partial charge < -0.3 is 15.0 Å². The molecule has 0 aliphatic carbocycles. The average molecular weight is 543 g/mol. The molecule has 9 nitrogen and oxygen atoms in total. The van der Waals surface area contributed by atoms with Gasteiger partial charge in [-0.2, -0.15) is 5.26 Å². The number of thioether (sulfide) groups is 1. The smallest absolute Gasteiger partial charge is 0.232 e. The number of hydrogen-bond donors (Lipinski definition) is 1. The van der Waals surface area contributed by atoms with Crippen LogP contribution in [-0.2, 0) is 26.9 Å². The molecule has 1 aliphatic heterocycles. The Morgan fingerprint density at radius 1 is 1.32 bits per heavy atom. The Bertz CT molecular complexity index is 1260. The van der Waals surface area contributed by atoms with E-state index in [1.807, 2.05) is 19.1 Å². The largest absolute Gasteiger partial charge is 0.383 e. The lowest BCUT2D eigenvalue weighted by Gasteiger charge is -2.34. The molecule has 1 aromatic heterocycles. The lowest BCUT2D eigenvalue weighted by Crippen LogP contribution is -2.43. The number of aromatic nitrogens is 1. The Hall–Kier alpha value is -2.83. The van der Waals surface area contributed by atoms with E-state index in [9.17, 15) is 13.7 Å². The first kappa shape index (κ1) is 28.7. The number of nitriles is 1. The fraction of sp³-hybridized carbons (Fsp3) is 0.500. The van der Waals surface area contributed by atoms with Crippen LogP contribution in [0.3, 0.4) is 0 Å². The van der Waals surface area contributed by atoms with E-state index in [4.69, 9.17) is 16.3 Å². The van der Waals surface area contributed by atoms with Crippen molar-refractivity contribution in [3.8, 4) is 6.07 Å². The average Bonchev–Trinajstić information content (AvgIpc) is 2.90. The van der Waals surface area contributed by atoms with Gasteiger partial charge in [0.15, 0.2) is 0 Å². The fourth-order valence-corrected chi connectivity index (χ4v) is 5.76. The van der Waals surface area contributed by atoms with Gasteiger partial charge in [0.1, 0.15) is 16.9 Å². The van der Waals surface area contributed by atoms with Crippen molar-refractivity contribution in [3.63, 3.8) is 0 Å². The number of nitrogens with one attached hydrogen (secondary N) is 1. The molecule has 1 saturated heterocycles. The summed E-state index contributed by atoms with van der Waals surface area (Å²) in [5.74, 6) is 1.23. The van der Waals surface area contributed by atoms with Gasteiger partial charge in [0.25, 0.3) is 0 Å². The van der Waals surface area contributed by atoms with E-state index in [1.54, 1.807) is 19.2 Å². The summed E-state index contributed by atoms with van der Waals surface area (Å²) in [6.45, 7) is 12.9. The van der Waals surface area contributed by atoms with Gasteiger partial charge in [0.2, 0.25) is 15.7 Å². The van der Waals surface area contributed by atoms with E-state index in [0.29, 0.717) is 52.6 Å². The lowest BCUT2D eigenvalue weighted by molar-refractivity contribution is 0.193. The maximum absolute atomic E-state index is 11.8. The number of ether oxygens (including phenoxy) is 1. The summed E-state index contributed by atoms with van der Waals surface area (Å²) in [5, 5.41) is 14.1. The number of hydrogen-bond acceptors (Lipinski definition) is 8. The number of anilines is 2. The number of methoxy groups -OCH3 is 1. The summed E-state index contributed by atoms with van der Waals surface area (Å²) < 4.78 is 30.0. The van der Waals surface area contributed by atoms with Gasteiger partial charge in [-0.1, -0.05) is 19.1 Å². The molecule has 1 aliphatic rings. The van der Waals surface area contributed by atoms with Gasteiger partial charge in [-0.25, -0.2) is 18.2 Å². The second-order valence-corrected chi connectivity index (χ2v) is 11.9. The van der Waals surface area contributed by atoms with Gasteiger partial charge in [0, 0.05) is 45.6 Å². The van der Waals surface area contributed by atoms with Gasteiger partial charge >= 0.3 is 0 Å². The number of benzene rings is 1. The summed E-state index contributed by atoms with van der Waals surface area (Å²) in [5.41, 5.74) is 3.26. The zero-order valence-corrected chi connectivity index (χ0v) is 23.5. The second-order valence-electron chi connectivity index (χ2n) is 8.91. The third-order valence-corrected chi connectivity index (χ3v) is 8.76. The van der Waals surface area contributed by atoms with E-state index in [-0.39, 0.29) is 0 Å². The van der Waals surface area contributed by atoms with Crippen LogP contribution in [0.1, 0.15) is 36.5 Å². The minimum Gasteiger partial charge on any atom is -0.383 e. The SMILES string of the molecule is [C-]#[N+]c1c(N2CCC(NCCOC)CC2)nc(SCc2ccc(N(C)S(C)(=O)=O)cc2)c(C#N)c1CC. The van der Waals surface area contributed by atoms with Crippen LogP contribution < -0.4 is 14.5 Å². The topological polar surface area (TPSA) is 103 Å². The van der Waals surface area contributed by atoms with Gasteiger partial charge in [-0.05, 0) is 42.5 Å². The normalized spacial score (nSPS) is 14.3. The fourth-order valence-electron chi connectivity index (χ4n) is 4.30. The van der Waals surface area contributed by atoms with Gasteiger partial charge in [0.05, 0.1) is 30.7 Å². The molecule has 1 aromatic carbocycles. The van der Waals surface area contributed by atoms with Crippen LogP contribution >= 0.6 is 11.8 Å².